The van der Waals surface area contributed by atoms with Crippen molar-refractivity contribution in [3.8, 4) is 11.5 Å². The molecule has 1 aliphatic heterocycles. The number of nitrogens with one attached hydrogen (secondary N) is 2. The van der Waals surface area contributed by atoms with E-state index in [-0.39, 0.29) is 12.1 Å². The summed E-state index contributed by atoms with van der Waals surface area (Å²) >= 11 is 0. The third-order valence-corrected chi connectivity index (χ3v) is 4.80. The van der Waals surface area contributed by atoms with E-state index < -0.39 is 0 Å². The standard InChI is InChI=1S/C20H27N3O4/c1-25-18-9-8-15(13-19(18)26-2)22-20(24)21-14-16(17-7-6-12-27-17)23-10-4-3-5-11-23/h6-9,12-13,16H,3-5,10-11,14H2,1-2H3,(H2,21,22,24). The van der Waals surface area contributed by atoms with E-state index in [4.69, 9.17) is 13.9 Å². The van der Waals surface area contributed by atoms with Gasteiger partial charge in [0.05, 0.1) is 26.5 Å². The first-order valence-electron chi connectivity index (χ1n) is 9.25. The molecule has 1 atom stereocenters. The Balaban J connectivity index is 1.60. The SMILES string of the molecule is COc1ccc(NC(=O)NCC(c2ccco2)N2CCCCC2)cc1OC. The molecule has 0 radical (unpaired) electrons. The summed E-state index contributed by atoms with van der Waals surface area (Å²) in [7, 11) is 3.14. The fraction of sp³-hybridized carbons (Fsp3) is 0.450. The monoisotopic (exact) mass is 373 g/mol. The number of nitrogens with zero attached hydrogens (tertiary/aromatic N) is 1. The predicted octanol–water partition coefficient (Wildman–Crippen LogP) is 3.65. The molecule has 7 nitrogen and oxygen atoms in total. The maximum absolute atomic E-state index is 12.4. The van der Waals surface area contributed by atoms with Crippen molar-refractivity contribution in [2.24, 2.45) is 0 Å². The summed E-state index contributed by atoms with van der Waals surface area (Å²) in [5, 5.41) is 5.80. The Labute approximate surface area is 159 Å². The lowest BCUT2D eigenvalue weighted by Crippen LogP contribution is -2.41. The molecule has 2 aromatic rings. The minimum absolute atomic E-state index is 0.0384. The second-order valence-electron chi connectivity index (χ2n) is 6.53. The van der Waals surface area contributed by atoms with Gasteiger partial charge in [-0.05, 0) is 50.2 Å². The Morgan fingerprint density at radius 1 is 1.15 bits per heavy atom. The molecule has 1 saturated heterocycles. The third kappa shape index (κ3) is 4.95. The molecule has 0 aliphatic carbocycles. The van der Waals surface area contributed by atoms with Crippen molar-refractivity contribution in [3.63, 3.8) is 0 Å². The molecule has 3 rings (SSSR count). The maximum Gasteiger partial charge on any atom is 0.319 e. The quantitative estimate of drug-likeness (QED) is 0.775. The zero-order chi connectivity index (χ0) is 19.1. The van der Waals surface area contributed by atoms with Gasteiger partial charge in [0.25, 0.3) is 0 Å². The largest absolute Gasteiger partial charge is 0.493 e. The number of likely N-dealkylation sites (tertiary alicyclic amines) is 1. The summed E-state index contributed by atoms with van der Waals surface area (Å²) in [5.74, 6) is 2.06. The van der Waals surface area contributed by atoms with Crippen LogP contribution in [0.5, 0.6) is 11.5 Å². The molecule has 0 spiro atoms. The number of hydrogen-bond donors (Lipinski definition) is 2. The van der Waals surface area contributed by atoms with Crippen molar-refractivity contribution in [2.75, 3.05) is 39.2 Å². The minimum Gasteiger partial charge on any atom is -0.493 e. The Bertz CT molecular complexity index is 727. The second-order valence-corrected chi connectivity index (χ2v) is 6.53. The van der Waals surface area contributed by atoms with Gasteiger partial charge in [-0.3, -0.25) is 4.90 Å². The number of piperidine rings is 1. The van der Waals surface area contributed by atoms with Crippen LogP contribution in [0.2, 0.25) is 0 Å². The molecule has 2 amide bonds. The molecule has 1 unspecified atom stereocenters. The number of urea groups is 1. The number of amides is 2. The molecule has 0 saturated carbocycles. The molecule has 0 bridgehead atoms. The molecule has 7 heteroatoms. The minimum atomic E-state index is -0.268. The van der Waals surface area contributed by atoms with Crippen molar-refractivity contribution >= 4 is 11.7 Å². The molecule has 2 N–H and O–H groups in total. The van der Waals surface area contributed by atoms with Gasteiger partial charge in [0.1, 0.15) is 5.76 Å². The summed E-state index contributed by atoms with van der Waals surface area (Å²) in [4.78, 5) is 14.8. The topological polar surface area (TPSA) is 76.0 Å². The van der Waals surface area contributed by atoms with Crippen LogP contribution in [0.4, 0.5) is 10.5 Å². The number of benzene rings is 1. The molecule has 2 heterocycles. The van der Waals surface area contributed by atoms with Crippen LogP contribution >= 0.6 is 0 Å². The van der Waals surface area contributed by atoms with E-state index in [1.54, 1.807) is 38.7 Å². The van der Waals surface area contributed by atoms with Gasteiger partial charge in [-0.2, -0.15) is 0 Å². The maximum atomic E-state index is 12.4. The highest BCUT2D eigenvalue weighted by molar-refractivity contribution is 5.89. The summed E-state index contributed by atoms with van der Waals surface area (Å²) in [6, 6.07) is 8.88. The lowest BCUT2D eigenvalue weighted by atomic mass is 10.1. The first-order valence-corrected chi connectivity index (χ1v) is 9.25. The van der Waals surface area contributed by atoms with Crippen molar-refractivity contribution in [1.29, 1.82) is 0 Å². The number of anilines is 1. The van der Waals surface area contributed by atoms with Gasteiger partial charge < -0.3 is 24.5 Å². The summed E-state index contributed by atoms with van der Waals surface area (Å²) in [5.41, 5.74) is 0.637. The van der Waals surface area contributed by atoms with Crippen LogP contribution in [0.1, 0.15) is 31.1 Å². The Morgan fingerprint density at radius 2 is 1.93 bits per heavy atom. The second kappa shape index (κ2) is 9.32. The fourth-order valence-corrected chi connectivity index (χ4v) is 3.40. The highest BCUT2D eigenvalue weighted by atomic mass is 16.5. The van der Waals surface area contributed by atoms with Gasteiger partial charge in [0.2, 0.25) is 0 Å². The molecule has 1 fully saturated rings. The number of ether oxygens (including phenoxy) is 2. The Morgan fingerprint density at radius 3 is 2.59 bits per heavy atom. The van der Waals surface area contributed by atoms with Crippen LogP contribution < -0.4 is 20.1 Å². The van der Waals surface area contributed by atoms with Gasteiger partial charge >= 0.3 is 6.03 Å². The summed E-state index contributed by atoms with van der Waals surface area (Å²) < 4.78 is 16.1. The number of methoxy groups -OCH3 is 2. The zero-order valence-corrected chi connectivity index (χ0v) is 15.9. The average molecular weight is 373 g/mol. The highest BCUT2D eigenvalue weighted by Gasteiger charge is 2.24. The highest BCUT2D eigenvalue weighted by Crippen LogP contribution is 2.29. The summed E-state index contributed by atoms with van der Waals surface area (Å²) in [6.45, 7) is 2.52. The van der Waals surface area contributed by atoms with Crippen molar-refractivity contribution < 1.29 is 18.7 Å². The van der Waals surface area contributed by atoms with Gasteiger partial charge in [0.15, 0.2) is 11.5 Å². The number of carbonyl (C=O) groups is 1. The van der Waals surface area contributed by atoms with Crippen LogP contribution in [0.3, 0.4) is 0 Å². The number of rotatable bonds is 7. The first kappa shape index (κ1) is 19.1. The lowest BCUT2D eigenvalue weighted by molar-refractivity contribution is 0.144. The molecular formula is C20H27N3O4. The first-order chi connectivity index (χ1) is 13.2. The lowest BCUT2D eigenvalue weighted by Gasteiger charge is -2.33. The van der Waals surface area contributed by atoms with Crippen LogP contribution in [0.25, 0.3) is 0 Å². The van der Waals surface area contributed by atoms with Crippen LogP contribution in [0.15, 0.2) is 41.0 Å². The average Bonchev–Trinajstić information content (AvgIpc) is 3.23. The van der Waals surface area contributed by atoms with Crippen molar-refractivity contribution in [2.45, 2.75) is 25.3 Å². The van der Waals surface area contributed by atoms with E-state index in [9.17, 15) is 4.79 Å². The fourth-order valence-electron chi connectivity index (χ4n) is 3.40. The third-order valence-electron chi connectivity index (χ3n) is 4.80. The van der Waals surface area contributed by atoms with Gasteiger partial charge in [-0.15, -0.1) is 0 Å². The van der Waals surface area contributed by atoms with Gasteiger partial charge in [-0.25, -0.2) is 4.79 Å². The van der Waals surface area contributed by atoms with E-state index in [2.05, 4.69) is 15.5 Å². The van der Waals surface area contributed by atoms with Gasteiger partial charge in [-0.1, -0.05) is 6.42 Å². The molecule has 1 aromatic heterocycles. The van der Waals surface area contributed by atoms with Crippen molar-refractivity contribution in [3.05, 3.63) is 42.4 Å². The molecular weight excluding hydrogens is 346 g/mol. The van der Waals surface area contributed by atoms with E-state index >= 15 is 0 Å². The van der Waals surface area contributed by atoms with Gasteiger partial charge in [0, 0.05) is 18.3 Å². The van der Waals surface area contributed by atoms with Crippen molar-refractivity contribution in [1.82, 2.24) is 10.2 Å². The summed E-state index contributed by atoms with van der Waals surface area (Å²) in [6.07, 6.45) is 5.29. The Hall–Kier alpha value is -2.67. The van der Waals surface area contributed by atoms with Crippen LogP contribution in [-0.2, 0) is 0 Å². The van der Waals surface area contributed by atoms with E-state index in [1.165, 1.54) is 19.3 Å². The van der Waals surface area contributed by atoms with E-state index in [0.29, 0.717) is 23.7 Å². The number of carbonyl (C=O) groups excluding carboxylic acids is 1. The van der Waals surface area contributed by atoms with E-state index in [0.717, 1.165) is 18.8 Å². The Kier molecular flexibility index (Phi) is 6.59. The predicted molar refractivity (Wildman–Crippen MR) is 103 cm³/mol. The van der Waals surface area contributed by atoms with Crippen LogP contribution in [0, 0.1) is 0 Å². The zero-order valence-electron chi connectivity index (χ0n) is 15.9. The number of furan rings is 1. The normalized spacial score (nSPS) is 15.8. The molecule has 1 aromatic carbocycles. The molecule has 146 valence electrons. The smallest absolute Gasteiger partial charge is 0.319 e. The van der Waals surface area contributed by atoms with Crippen LogP contribution in [-0.4, -0.2) is 44.8 Å². The van der Waals surface area contributed by atoms with E-state index in [1.807, 2.05) is 12.1 Å². The molecule has 27 heavy (non-hydrogen) atoms. The molecule has 1 aliphatic rings. The number of hydrogen-bond acceptors (Lipinski definition) is 5.